The number of nitrogens with one attached hydrogen (secondary N) is 1. The second-order valence-electron chi connectivity index (χ2n) is 4.30. The second kappa shape index (κ2) is 7.09. The van der Waals surface area contributed by atoms with Crippen LogP contribution in [0.2, 0.25) is 0 Å². The standard InChI is InChI=1S/C11H20N2O2.ClH/c14-11(13-7-5-12-6-8-13)4-3-10-2-1-9-15-10;/h10,12H,1-9H2;1H. The minimum absolute atomic E-state index is 0. The number of carbonyl (C=O) groups excluding carboxylic acids is 1. The first kappa shape index (κ1) is 13.7. The lowest BCUT2D eigenvalue weighted by atomic mass is 10.1. The van der Waals surface area contributed by atoms with E-state index in [4.69, 9.17) is 4.74 Å². The molecule has 1 atom stereocenters. The Hall–Kier alpha value is -0.320. The molecule has 2 rings (SSSR count). The highest BCUT2D eigenvalue weighted by atomic mass is 35.5. The Morgan fingerprint density at radius 2 is 2.12 bits per heavy atom. The molecule has 2 aliphatic heterocycles. The SMILES string of the molecule is Cl.O=C(CCC1CCCO1)N1CCNCC1. The molecule has 16 heavy (non-hydrogen) atoms. The predicted molar refractivity (Wildman–Crippen MR) is 64.9 cm³/mol. The lowest BCUT2D eigenvalue weighted by Crippen LogP contribution is -2.46. The van der Waals surface area contributed by atoms with Crippen molar-refractivity contribution in [3.05, 3.63) is 0 Å². The van der Waals surface area contributed by atoms with Gasteiger partial charge >= 0.3 is 0 Å². The first-order chi connectivity index (χ1) is 7.36. The van der Waals surface area contributed by atoms with E-state index in [0.717, 1.165) is 52.0 Å². The van der Waals surface area contributed by atoms with E-state index in [1.807, 2.05) is 4.90 Å². The molecule has 94 valence electrons. The highest BCUT2D eigenvalue weighted by Gasteiger charge is 2.20. The summed E-state index contributed by atoms with van der Waals surface area (Å²) in [5, 5.41) is 3.25. The highest BCUT2D eigenvalue weighted by molar-refractivity contribution is 5.85. The number of piperazine rings is 1. The largest absolute Gasteiger partial charge is 0.378 e. The van der Waals surface area contributed by atoms with E-state index in [2.05, 4.69) is 5.32 Å². The first-order valence-corrected chi connectivity index (χ1v) is 5.96. The zero-order valence-electron chi connectivity index (χ0n) is 9.61. The molecule has 2 fully saturated rings. The van der Waals surface area contributed by atoms with E-state index in [1.165, 1.54) is 0 Å². The fraction of sp³-hybridized carbons (Fsp3) is 0.909. The molecule has 1 amide bonds. The molecule has 0 radical (unpaired) electrons. The molecule has 0 saturated carbocycles. The average molecular weight is 249 g/mol. The summed E-state index contributed by atoms with van der Waals surface area (Å²) in [6, 6.07) is 0. The molecule has 0 bridgehead atoms. The van der Waals surface area contributed by atoms with Gasteiger partial charge in [0, 0.05) is 39.2 Å². The van der Waals surface area contributed by atoms with Crippen molar-refractivity contribution in [2.45, 2.75) is 31.8 Å². The number of nitrogens with zero attached hydrogens (tertiary/aromatic N) is 1. The molecule has 2 heterocycles. The van der Waals surface area contributed by atoms with Crippen molar-refractivity contribution in [1.82, 2.24) is 10.2 Å². The molecular weight excluding hydrogens is 228 g/mol. The maximum Gasteiger partial charge on any atom is 0.222 e. The van der Waals surface area contributed by atoms with Gasteiger partial charge in [-0.15, -0.1) is 12.4 Å². The van der Waals surface area contributed by atoms with E-state index in [-0.39, 0.29) is 12.4 Å². The normalized spacial score (nSPS) is 25.2. The average Bonchev–Trinajstić information content (AvgIpc) is 2.80. The van der Waals surface area contributed by atoms with Crippen molar-refractivity contribution in [2.24, 2.45) is 0 Å². The zero-order valence-corrected chi connectivity index (χ0v) is 10.4. The summed E-state index contributed by atoms with van der Waals surface area (Å²) in [6.45, 7) is 4.48. The van der Waals surface area contributed by atoms with Gasteiger partial charge in [0.1, 0.15) is 0 Å². The number of ether oxygens (including phenoxy) is 1. The predicted octanol–water partition coefficient (Wildman–Crippen LogP) is 0.799. The van der Waals surface area contributed by atoms with E-state index in [9.17, 15) is 4.79 Å². The third-order valence-corrected chi connectivity index (χ3v) is 3.17. The molecule has 2 aliphatic rings. The van der Waals surface area contributed by atoms with E-state index >= 15 is 0 Å². The van der Waals surface area contributed by atoms with Crippen molar-refractivity contribution in [1.29, 1.82) is 0 Å². The summed E-state index contributed by atoms with van der Waals surface area (Å²) in [5.41, 5.74) is 0. The number of hydrogen-bond donors (Lipinski definition) is 1. The van der Waals surface area contributed by atoms with Gasteiger partial charge in [-0.2, -0.15) is 0 Å². The van der Waals surface area contributed by atoms with Gasteiger partial charge in [-0.25, -0.2) is 0 Å². The molecule has 4 nitrogen and oxygen atoms in total. The van der Waals surface area contributed by atoms with Gasteiger partial charge in [-0.05, 0) is 19.3 Å². The fourth-order valence-corrected chi connectivity index (χ4v) is 2.23. The summed E-state index contributed by atoms with van der Waals surface area (Å²) >= 11 is 0. The van der Waals surface area contributed by atoms with Gasteiger partial charge in [0.15, 0.2) is 0 Å². The Labute approximate surface area is 103 Å². The number of carbonyl (C=O) groups is 1. The summed E-state index contributed by atoms with van der Waals surface area (Å²) in [5.74, 6) is 0.298. The zero-order chi connectivity index (χ0) is 10.5. The van der Waals surface area contributed by atoms with Gasteiger partial charge in [-0.1, -0.05) is 0 Å². The fourth-order valence-electron chi connectivity index (χ4n) is 2.23. The van der Waals surface area contributed by atoms with Crippen LogP contribution in [0.1, 0.15) is 25.7 Å². The molecule has 0 aromatic rings. The quantitative estimate of drug-likeness (QED) is 0.803. The van der Waals surface area contributed by atoms with Gasteiger partial charge in [0.2, 0.25) is 5.91 Å². The van der Waals surface area contributed by atoms with Crippen LogP contribution in [0, 0.1) is 0 Å². The minimum atomic E-state index is 0. The molecule has 0 aliphatic carbocycles. The molecular formula is C11H21ClN2O2. The minimum Gasteiger partial charge on any atom is -0.378 e. The molecule has 0 aromatic heterocycles. The Kier molecular flexibility index (Phi) is 6.09. The van der Waals surface area contributed by atoms with Crippen LogP contribution in [0.4, 0.5) is 0 Å². The van der Waals surface area contributed by atoms with Crippen molar-refractivity contribution >= 4 is 18.3 Å². The van der Waals surface area contributed by atoms with Gasteiger partial charge in [-0.3, -0.25) is 4.79 Å². The molecule has 0 spiro atoms. The second-order valence-corrected chi connectivity index (χ2v) is 4.30. The van der Waals surface area contributed by atoms with Gasteiger partial charge in [0.25, 0.3) is 0 Å². The van der Waals surface area contributed by atoms with Crippen LogP contribution in [0.25, 0.3) is 0 Å². The van der Waals surface area contributed by atoms with Crippen LogP contribution in [-0.4, -0.2) is 49.7 Å². The van der Waals surface area contributed by atoms with Crippen molar-refractivity contribution in [2.75, 3.05) is 32.8 Å². The summed E-state index contributed by atoms with van der Waals surface area (Å²) in [4.78, 5) is 13.8. The van der Waals surface area contributed by atoms with Crippen LogP contribution >= 0.6 is 12.4 Å². The maximum atomic E-state index is 11.8. The van der Waals surface area contributed by atoms with Gasteiger partial charge in [0.05, 0.1) is 6.10 Å². The number of amides is 1. The maximum absolute atomic E-state index is 11.8. The lowest BCUT2D eigenvalue weighted by Gasteiger charge is -2.27. The molecule has 0 aromatic carbocycles. The van der Waals surface area contributed by atoms with Crippen molar-refractivity contribution in [3.63, 3.8) is 0 Å². The van der Waals surface area contributed by atoms with Gasteiger partial charge < -0.3 is 15.0 Å². The summed E-state index contributed by atoms with van der Waals surface area (Å²) in [6.07, 6.45) is 4.20. The lowest BCUT2D eigenvalue weighted by molar-refractivity contribution is -0.132. The molecule has 1 N–H and O–H groups in total. The summed E-state index contributed by atoms with van der Waals surface area (Å²) < 4.78 is 5.51. The Morgan fingerprint density at radius 3 is 2.75 bits per heavy atom. The van der Waals surface area contributed by atoms with Crippen LogP contribution in [0.3, 0.4) is 0 Å². The van der Waals surface area contributed by atoms with Crippen molar-refractivity contribution < 1.29 is 9.53 Å². The summed E-state index contributed by atoms with van der Waals surface area (Å²) in [7, 11) is 0. The topological polar surface area (TPSA) is 41.6 Å². The van der Waals surface area contributed by atoms with Crippen LogP contribution in [0.5, 0.6) is 0 Å². The van der Waals surface area contributed by atoms with E-state index in [0.29, 0.717) is 18.4 Å². The van der Waals surface area contributed by atoms with Crippen LogP contribution in [0.15, 0.2) is 0 Å². The molecule has 5 heteroatoms. The Balaban J connectivity index is 0.00000128. The molecule has 1 unspecified atom stereocenters. The third-order valence-electron chi connectivity index (χ3n) is 3.17. The smallest absolute Gasteiger partial charge is 0.222 e. The molecule has 2 saturated heterocycles. The highest BCUT2D eigenvalue weighted by Crippen LogP contribution is 2.17. The van der Waals surface area contributed by atoms with Crippen molar-refractivity contribution in [3.8, 4) is 0 Å². The Bertz CT molecular complexity index is 214. The first-order valence-electron chi connectivity index (χ1n) is 5.96. The third kappa shape index (κ3) is 3.92. The number of hydrogen-bond acceptors (Lipinski definition) is 3. The number of halogens is 1. The van der Waals surface area contributed by atoms with Crippen LogP contribution in [-0.2, 0) is 9.53 Å². The number of rotatable bonds is 3. The van der Waals surface area contributed by atoms with E-state index < -0.39 is 0 Å². The monoisotopic (exact) mass is 248 g/mol. The van der Waals surface area contributed by atoms with E-state index in [1.54, 1.807) is 0 Å². The van der Waals surface area contributed by atoms with Crippen LogP contribution < -0.4 is 5.32 Å². The Morgan fingerprint density at radius 1 is 1.38 bits per heavy atom.